The lowest BCUT2D eigenvalue weighted by molar-refractivity contribution is -0.384. The Bertz CT molecular complexity index is 1220. The highest BCUT2D eigenvalue weighted by atomic mass is 79.9. The molecule has 2 aromatic carbocycles. The molecule has 0 aliphatic rings. The number of carbonyl (C=O) groups is 1. The number of nitrogens with one attached hydrogen (secondary N) is 2. The van der Waals surface area contributed by atoms with Crippen LogP contribution in [0.15, 0.2) is 62.8 Å². The van der Waals surface area contributed by atoms with Crippen molar-refractivity contribution >= 4 is 55.9 Å². The molecule has 11 heteroatoms. The maximum Gasteiger partial charge on any atom is 0.277 e. The Kier molecular flexibility index (Phi) is 5.32. The third-order valence-corrected chi connectivity index (χ3v) is 5.46. The number of halogens is 1. The number of rotatable bonds is 6. The first kappa shape index (κ1) is 19.2. The average molecular weight is 474 g/mol. The summed E-state index contributed by atoms with van der Waals surface area (Å²) in [5.41, 5.74) is 2.12. The lowest BCUT2D eigenvalue weighted by atomic mass is 10.2. The Balaban J connectivity index is 1.40. The molecule has 0 radical (unpaired) electrons. The van der Waals surface area contributed by atoms with E-state index in [1.165, 1.54) is 18.2 Å². The predicted octanol–water partition coefficient (Wildman–Crippen LogP) is 4.62. The lowest BCUT2D eigenvalue weighted by Gasteiger charge is -2.06. The monoisotopic (exact) mass is 473 g/mol. The molecule has 29 heavy (non-hydrogen) atoms. The van der Waals surface area contributed by atoms with Gasteiger partial charge in [-0.15, -0.1) is 10.2 Å². The zero-order valence-electron chi connectivity index (χ0n) is 14.6. The molecule has 0 unspecified atom stereocenters. The summed E-state index contributed by atoms with van der Waals surface area (Å²) in [4.78, 5) is 25.6. The van der Waals surface area contributed by atoms with Crippen LogP contribution in [0.4, 0.5) is 11.4 Å². The van der Waals surface area contributed by atoms with Gasteiger partial charge in [0.1, 0.15) is 0 Å². The van der Waals surface area contributed by atoms with Crippen molar-refractivity contribution in [2.45, 2.75) is 5.22 Å². The molecule has 2 N–H and O–H groups in total. The molecule has 4 aromatic rings. The number of aromatic amines is 1. The standard InChI is InChI=1S/C18H12BrN5O4S/c19-13-7-10(24(26)27)5-6-15(13)21-16(25)9-29-18-23-22-17(28-18)12-8-20-14-4-2-1-3-11(12)14/h1-8,20H,9H2,(H,21,25). The minimum absolute atomic E-state index is 0.0406. The molecule has 0 aliphatic heterocycles. The number of aromatic nitrogens is 3. The van der Waals surface area contributed by atoms with E-state index in [2.05, 4.69) is 36.4 Å². The van der Waals surface area contributed by atoms with Crippen LogP contribution in [0.5, 0.6) is 0 Å². The fourth-order valence-corrected chi connectivity index (χ4v) is 3.69. The zero-order valence-corrected chi connectivity index (χ0v) is 17.0. The van der Waals surface area contributed by atoms with E-state index in [1.807, 2.05) is 24.3 Å². The van der Waals surface area contributed by atoms with Gasteiger partial charge in [0, 0.05) is 33.7 Å². The van der Waals surface area contributed by atoms with E-state index in [4.69, 9.17) is 4.42 Å². The number of hydrogen-bond acceptors (Lipinski definition) is 7. The number of thioether (sulfide) groups is 1. The summed E-state index contributed by atoms with van der Waals surface area (Å²) in [6.07, 6.45) is 1.80. The minimum Gasteiger partial charge on any atom is -0.411 e. The van der Waals surface area contributed by atoms with Gasteiger partial charge in [0.2, 0.25) is 5.91 Å². The summed E-state index contributed by atoms with van der Waals surface area (Å²) in [7, 11) is 0. The molecule has 9 nitrogen and oxygen atoms in total. The van der Waals surface area contributed by atoms with E-state index in [0.29, 0.717) is 16.1 Å². The Morgan fingerprint density at radius 3 is 2.90 bits per heavy atom. The minimum atomic E-state index is -0.507. The first-order chi connectivity index (χ1) is 14.0. The van der Waals surface area contributed by atoms with Gasteiger partial charge in [-0.05, 0) is 28.1 Å². The maximum absolute atomic E-state index is 12.2. The molecular weight excluding hydrogens is 462 g/mol. The van der Waals surface area contributed by atoms with Crippen molar-refractivity contribution in [2.75, 3.05) is 11.1 Å². The number of amides is 1. The van der Waals surface area contributed by atoms with Crippen LogP contribution in [-0.2, 0) is 4.79 Å². The lowest BCUT2D eigenvalue weighted by Crippen LogP contribution is -2.14. The summed E-state index contributed by atoms with van der Waals surface area (Å²) < 4.78 is 6.08. The number of non-ortho nitro benzene ring substituents is 1. The van der Waals surface area contributed by atoms with Crippen molar-refractivity contribution in [3.05, 3.63) is 63.2 Å². The first-order valence-corrected chi connectivity index (χ1v) is 10.1. The topological polar surface area (TPSA) is 127 Å². The molecule has 146 valence electrons. The number of nitro benzene ring substituents is 1. The van der Waals surface area contributed by atoms with Gasteiger partial charge in [0.15, 0.2) is 0 Å². The van der Waals surface area contributed by atoms with E-state index < -0.39 is 4.92 Å². The second kappa shape index (κ2) is 8.05. The van der Waals surface area contributed by atoms with Gasteiger partial charge in [0.05, 0.1) is 21.9 Å². The molecule has 0 aliphatic carbocycles. The molecule has 1 amide bonds. The number of nitro groups is 1. The molecule has 2 heterocycles. The van der Waals surface area contributed by atoms with Gasteiger partial charge in [0.25, 0.3) is 16.8 Å². The van der Waals surface area contributed by atoms with Crippen molar-refractivity contribution in [1.29, 1.82) is 0 Å². The third kappa shape index (κ3) is 4.15. The highest BCUT2D eigenvalue weighted by Crippen LogP contribution is 2.30. The molecule has 0 spiro atoms. The molecule has 0 fully saturated rings. The molecule has 4 rings (SSSR count). The Hall–Kier alpha value is -3.18. The summed E-state index contributed by atoms with van der Waals surface area (Å²) in [5.74, 6) is 0.0961. The van der Waals surface area contributed by atoms with E-state index in [9.17, 15) is 14.9 Å². The number of anilines is 1. The van der Waals surface area contributed by atoms with E-state index in [0.717, 1.165) is 28.2 Å². The van der Waals surface area contributed by atoms with E-state index in [1.54, 1.807) is 6.20 Å². The van der Waals surface area contributed by atoms with Crippen molar-refractivity contribution in [3.63, 3.8) is 0 Å². The fraction of sp³-hybridized carbons (Fsp3) is 0.0556. The highest BCUT2D eigenvalue weighted by Gasteiger charge is 2.15. The maximum atomic E-state index is 12.2. The number of H-pyrrole nitrogens is 1. The second-order valence-corrected chi connectivity index (χ2v) is 7.66. The summed E-state index contributed by atoms with van der Waals surface area (Å²) in [6.45, 7) is 0. The summed E-state index contributed by atoms with van der Waals surface area (Å²) >= 11 is 4.31. The van der Waals surface area contributed by atoms with Crippen LogP contribution in [0, 0.1) is 10.1 Å². The second-order valence-electron chi connectivity index (χ2n) is 5.88. The van der Waals surface area contributed by atoms with Crippen molar-refractivity contribution in [2.24, 2.45) is 0 Å². The summed E-state index contributed by atoms with van der Waals surface area (Å²) in [6, 6.07) is 11.9. The molecular formula is C18H12BrN5O4S. The molecule has 0 atom stereocenters. The largest absolute Gasteiger partial charge is 0.411 e. The number of para-hydroxylation sites is 1. The van der Waals surface area contributed by atoms with Gasteiger partial charge >= 0.3 is 0 Å². The van der Waals surface area contributed by atoms with Crippen LogP contribution in [0.3, 0.4) is 0 Å². The Labute approximate surface area is 176 Å². The quantitative estimate of drug-likeness (QED) is 0.237. The van der Waals surface area contributed by atoms with Crippen LogP contribution in [0.1, 0.15) is 0 Å². The van der Waals surface area contributed by atoms with E-state index >= 15 is 0 Å². The smallest absolute Gasteiger partial charge is 0.277 e. The molecule has 0 saturated carbocycles. The molecule has 2 aromatic heterocycles. The fourth-order valence-electron chi connectivity index (χ4n) is 2.66. The predicted molar refractivity (Wildman–Crippen MR) is 112 cm³/mol. The van der Waals surface area contributed by atoms with Crippen LogP contribution >= 0.6 is 27.7 Å². The third-order valence-electron chi connectivity index (χ3n) is 3.99. The Morgan fingerprint density at radius 1 is 1.28 bits per heavy atom. The van der Waals surface area contributed by atoms with Crippen LogP contribution in [0.25, 0.3) is 22.4 Å². The van der Waals surface area contributed by atoms with Gasteiger partial charge in [-0.1, -0.05) is 30.0 Å². The van der Waals surface area contributed by atoms with Gasteiger partial charge in [-0.2, -0.15) is 0 Å². The van der Waals surface area contributed by atoms with Crippen molar-refractivity contribution in [1.82, 2.24) is 15.2 Å². The van der Waals surface area contributed by atoms with Crippen LogP contribution < -0.4 is 5.32 Å². The van der Waals surface area contributed by atoms with Crippen LogP contribution in [-0.4, -0.2) is 31.8 Å². The zero-order chi connectivity index (χ0) is 20.4. The average Bonchev–Trinajstić information content (AvgIpc) is 3.34. The van der Waals surface area contributed by atoms with Crippen molar-refractivity contribution in [3.8, 4) is 11.5 Å². The number of benzene rings is 2. The number of fused-ring (bicyclic) bond motifs is 1. The van der Waals surface area contributed by atoms with Crippen molar-refractivity contribution < 1.29 is 14.1 Å². The highest BCUT2D eigenvalue weighted by molar-refractivity contribution is 9.10. The Morgan fingerprint density at radius 2 is 2.10 bits per heavy atom. The van der Waals surface area contributed by atoms with Gasteiger partial charge in [-0.25, -0.2) is 0 Å². The van der Waals surface area contributed by atoms with Gasteiger partial charge in [-0.3, -0.25) is 14.9 Å². The number of carbonyl (C=O) groups excluding carboxylic acids is 1. The number of nitrogens with zero attached hydrogens (tertiary/aromatic N) is 3. The van der Waals surface area contributed by atoms with Crippen LogP contribution in [0.2, 0.25) is 0 Å². The van der Waals surface area contributed by atoms with Gasteiger partial charge < -0.3 is 14.7 Å². The molecule has 0 bridgehead atoms. The molecule has 0 saturated heterocycles. The SMILES string of the molecule is O=C(CSc1nnc(-c2c[nH]c3ccccc23)o1)Nc1ccc([N+](=O)[O-])cc1Br. The number of hydrogen-bond donors (Lipinski definition) is 2. The van der Waals surface area contributed by atoms with E-state index in [-0.39, 0.29) is 22.6 Å². The first-order valence-electron chi connectivity index (χ1n) is 8.28. The summed E-state index contributed by atoms with van der Waals surface area (Å²) in [5, 5.41) is 22.7. The normalized spacial score (nSPS) is 10.9.